The Labute approximate surface area is 89.9 Å². The molecule has 3 heteroatoms. The molecule has 2 aromatic rings. The molecule has 3 nitrogen and oxygen atoms in total. The third-order valence-electron chi connectivity index (χ3n) is 2.52. The van der Waals surface area contributed by atoms with Crippen LogP contribution in [0.25, 0.3) is 11.0 Å². The molecular formula is C12H17N3. The van der Waals surface area contributed by atoms with Crippen LogP contribution in [-0.4, -0.2) is 15.1 Å². The fourth-order valence-electron chi connectivity index (χ4n) is 1.60. The maximum absolute atomic E-state index is 5.96. The smallest absolute Gasteiger partial charge is 0.0958 e. The number of aromatic nitrogens is 2. The lowest BCUT2D eigenvalue weighted by Gasteiger charge is -2.18. The zero-order chi connectivity index (χ0) is 10.9. The van der Waals surface area contributed by atoms with Crippen LogP contribution in [0.5, 0.6) is 0 Å². The predicted octanol–water partition coefficient (Wildman–Crippen LogP) is 2.16. The lowest BCUT2D eigenvalue weighted by molar-refractivity contribution is 0.440. The number of nitrogens with two attached hydrogens (primary N) is 1. The minimum absolute atomic E-state index is 0.120. The largest absolute Gasteiger partial charge is 0.331 e. The third-order valence-corrected chi connectivity index (χ3v) is 2.52. The first kappa shape index (κ1) is 10.2. The standard InChI is InChI=1S/C12H17N3/c1-12(2,13)7-8-15-9-14-10-5-3-4-6-11(10)15/h3-6,9H,7-8,13H2,1-2H3. The minimum atomic E-state index is -0.120. The molecular weight excluding hydrogens is 186 g/mol. The topological polar surface area (TPSA) is 43.8 Å². The van der Waals surface area contributed by atoms with Gasteiger partial charge in [-0.2, -0.15) is 0 Å². The molecule has 2 rings (SSSR count). The van der Waals surface area contributed by atoms with Crippen molar-refractivity contribution in [2.75, 3.05) is 0 Å². The molecule has 0 aliphatic rings. The molecule has 1 aromatic carbocycles. The second-order valence-corrected chi connectivity index (χ2v) is 4.67. The van der Waals surface area contributed by atoms with E-state index in [9.17, 15) is 0 Å². The van der Waals surface area contributed by atoms with Gasteiger partial charge in [0.15, 0.2) is 0 Å². The molecule has 0 bridgehead atoms. The molecule has 0 radical (unpaired) electrons. The summed E-state index contributed by atoms with van der Waals surface area (Å²) in [4.78, 5) is 4.34. The zero-order valence-corrected chi connectivity index (χ0v) is 9.27. The lowest BCUT2D eigenvalue weighted by Crippen LogP contribution is -2.33. The molecule has 0 amide bonds. The summed E-state index contributed by atoms with van der Waals surface area (Å²) in [6.45, 7) is 5.02. The molecule has 2 N–H and O–H groups in total. The van der Waals surface area contributed by atoms with Gasteiger partial charge in [-0.15, -0.1) is 0 Å². The van der Waals surface area contributed by atoms with Crippen LogP contribution in [0.1, 0.15) is 20.3 Å². The van der Waals surface area contributed by atoms with E-state index in [2.05, 4.69) is 15.6 Å². The van der Waals surface area contributed by atoms with Gasteiger partial charge in [0.1, 0.15) is 0 Å². The molecule has 1 heterocycles. The summed E-state index contributed by atoms with van der Waals surface area (Å²) in [7, 11) is 0. The number of nitrogens with zero attached hydrogens (tertiary/aromatic N) is 2. The molecule has 0 saturated carbocycles. The second kappa shape index (κ2) is 3.66. The van der Waals surface area contributed by atoms with E-state index in [0.29, 0.717) is 0 Å². The van der Waals surface area contributed by atoms with Crippen molar-refractivity contribution in [1.29, 1.82) is 0 Å². The van der Waals surface area contributed by atoms with E-state index in [1.165, 1.54) is 5.52 Å². The lowest BCUT2D eigenvalue weighted by atomic mass is 10.0. The fraction of sp³-hybridized carbons (Fsp3) is 0.417. The number of hydrogen-bond acceptors (Lipinski definition) is 2. The van der Waals surface area contributed by atoms with E-state index in [4.69, 9.17) is 5.73 Å². The Morgan fingerprint density at radius 2 is 2.07 bits per heavy atom. The first-order valence-electron chi connectivity index (χ1n) is 5.25. The summed E-state index contributed by atoms with van der Waals surface area (Å²) < 4.78 is 2.16. The fourth-order valence-corrected chi connectivity index (χ4v) is 1.60. The number of para-hydroxylation sites is 2. The summed E-state index contributed by atoms with van der Waals surface area (Å²) in [5, 5.41) is 0. The summed E-state index contributed by atoms with van der Waals surface area (Å²) in [5.41, 5.74) is 8.07. The average Bonchev–Trinajstić information content (AvgIpc) is 2.57. The molecule has 0 atom stereocenters. The number of hydrogen-bond donors (Lipinski definition) is 1. The minimum Gasteiger partial charge on any atom is -0.331 e. The van der Waals surface area contributed by atoms with E-state index in [1.54, 1.807) is 0 Å². The van der Waals surface area contributed by atoms with Crippen molar-refractivity contribution in [2.24, 2.45) is 5.73 Å². The van der Waals surface area contributed by atoms with E-state index in [0.717, 1.165) is 18.5 Å². The van der Waals surface area contributed by atoms with Gasteiger partial charge in [0.2, 0.25) is 0 Å². The highest BCUT2D eigenvalue weighted by molar-refractivity contribution is 5.74. The third kappa shape index (κ3) is 2.36. The molecule has 0 aliphatic heterocycles. The summed E-state index contributed by atoms with van der Waals surface area (Å²) in [6.07, 6.45) is 2.84. The molecule has 1 aromatic heterocycles. The number of benzene rings is 1. The molecule has 0 fully saturated rings. The Bertz CT molecular complexity index is 451. The van der Waals surface area contributed by atoms with Crippen LogP contribution in [0.2, 0.25) is 0 Å². The first-order valence-corrected chi connectivity index (χ1v) is 5.25. The van der Waals surface area contributed by atoms with Gasteiger partial charge in [0, 0.05) is 12.1 Å². The summed E-state index contributed by atoms with van der Waals surface area (Å²) in [6, 6.07) is 8.16. The quantitative estimate of drug-likeness (QED) is 0.830. The Kier molecular flexibility index (Phi) is 2.49. The van der Waals surface area contributed by atoms with Crippen molar-refractivity contribution in [2.45, 2.75) is 32.4 Å². The van der Waals surface area contributed by atoms with Gasteiger partial charge in [0.25, 0.3) is 0 Å². The maximum atomic E-state index is 5.96. The van der Waals surface area contributed by atoms with Gasteiger partial charge < -0.3 is 10.3 Å². The molecule has 0 aliphatic carbocycles. The maximum Gasteiger partial charge on any atom is 0.0958 e. The highest BCUT2D eigenvalue weighted by Crippen LogP contribution is 2.14. The van der Waals surface area contributed by atoms with Crippen LogP contribution < -0.4 is 5.73 Å². The summed E-state index contributed by atoms with van der Waals surface area (Å²) >= 11 is 0. The van der Waals surface area contributed by atoms with Crippen LogP contribution in [-0.2, 0) is 6.54 Å². The van der Waals surface area contributed by atoms with Crippen molar-refractivity contribution in [3.8, 4) is 0 Å². The van der Waals surface area contributed by atoms with Gasteiger partial charge in [-0.1, -0.05) is 12.1 Å². The van der Waals surface area contributed by atoms with E-state index < -0.39 is 0 Å². The SMILES string of the molecule is CC(C)(N)CCn1cnc2ccccc21. The Morgan fingerprint density at radius 1 is 1.33 bits per heavy atom. The monoisotopic (exact) mass is 203 g/mol. The van der Waals surface area contributed by atoms with Crippen molar-refractivity contribution < 1.29 is 0 Å². The van der Waals surface area contributed by atoms with Crippen LogP contribution >= 0.6 is 0 Å². The number of aryl methyl sites for hydroxylation is 1. The van der Waals surface area contributed by atoms with Crippen molar-refractivity contribution in [3.63, 3.8) is 0 Å². The van der Waals surface area contributed by atoms with Crippen LogP contribution in [0, 0.1) is 0 Å². The normalized spacial score (nSPS) is 12.2. The van der Waals surface area contributed by atoms with Crippen LogP contribution in [0.15, 0.2) is 30.6 Å². The zero-order valence-electron chi connectivity index (χ0n) is 9.27. The van der Waals surface area contributed by atoms with Gasteiger partial charge in [-0.05, 0) is 32.4 Å². The first-order chi connectivity index (χ1) is 7.06. The van der Waals surface area contributed by atoms with Crippen molar-refractivity contribution in [3.05, 3.63) is 30.6 Å². The van der Waals surface area contributed by atoms with E-state index >= 15 is 0 Å². The Morgan fingerprint density at radius 3 is 2.80 bits per heavy atom. The highest BCUT2D eigenvalue weighted by atomic mass is 15.0. The Hall–Kier alpha value is -1.35. The van der Waals surface area contributed by atoms with Gasteiger partial charge in [-0.25, -0.2) is 4.98 Å². The second-order valence-electron chi connectivity index (χ2n) is 4.67. The number of fused-ring (bicyclic) bond motifs is 1. The molecule has 80 valence electrons. The number of rotatable bonds is 3. The van der Waals surface area contributed by atoms with Crippen LogP contribution in [0.4, 0.5) is 0 Å². The molecule has 0 unspecified atom stereocenters. The van der Waals surface area contributed by atoms with Crippen molar-refractivity contribution >= 4 is 11.0 Å². The van der Waals surface area contributed by atoms with E-state index in [-0.39, 0.29) is 5.54 Å². The highest BCUT2D eigenvalue weighted by Gasteiger charge is 2.11. The average molecular weight is 203 g/mol. The molecule has 0 saturated heterocycles. The van der Waals surface area contributed by atoms with Gasteiger partial charge >= 0.3 is 0 Å². The Balaban J connectivity index is 2.22. The number of imidazole rings is 1. The summed E-state index contributed by atoms with van der Waals surface area (Å²) in [5.74, 6) is 0. The van der Waals surface area contributed by atoms with E-state index in [1.807, 2.05) is 38.4 Å². The van der Waals surface area contributed by atoms with Gasteiger partial charge in [-0.3, -0.25) is 0 Å². The molecule has 15 heavy (non-hydrogen) atoms. The van der Waals surface area contributed by atoms with Crippen LogP contribution in [0.3, 0.4) is 0 Å². The predicted molar refractivity (Wildman–Crippen MR) is 62.6 cm³/mol. The van der Waals surface area contributed by atoms with Crippen molar-refractivity contribution in [1.82, 2.24) is 9.55 Å². The molecule has 0 spiro atoms. The van der Waals surface area contributed by atoms with Gasteiger partial charge in [0.05, 0.1) is 17.4 Å².